The summed E-state index contributed by atoms with van der Waals surface area (Å²) in [5.41, 5.74) is 0. The first-order chi connectivity index (χ1) is 9.65. The highest BCUT2D eigenvalue weighted by molar-refractivity contribution is 8.00. The summed E-state index contributed by atoms with van der Waals surface area (Å²) in [6.45, 7) is 7.87. The molecule has 20 heavy (non-hydrogen) atoms. The number of benzene rings is 1. The number of nitrogens with one attached hydrogen (secondary N) is 1. The molecule has 0 aromatic heterocycles. The summed E-state index contributed by atoms with van der Waals surface area (Å²) < 4.78 is 5.17. The minimum Gasteiger partial charge on any atom is -0.471 e. The third-order valence-electron chi connectivity index (χ3n) is 2.65. The van der Waals surface area contributed by atoms with E-state index in [1.165, 1.54) is 16.2 Å². The van der Waals surface area contributed by atoms with Gasteiger partial charge in [0.15, 0.2) is 0 Å². The molecule has 0 radical (unpaired) electrons. The molecule has 0 saturated heterocycles. The number of rotatable bonds is 8. The van der Waals surface area contributed by atoms with Gasteiger partial charge in [-0.2, -0.15) is 0 Å². The number of hydrogen-bond acceptors (Lipinski definition) is 4. The fourth-order valence-corrected chi connectivity index (χ4v) is 3.35. The molecule has 2 nitrogen and oxygen atoms in total. The molecule has 0 aliphatic carbocycles. The van der Waals surface area contributed by atoms with Crippen molar-refractivity contribution in [3.05, 3.63) is 24.3 Å². The van der Waals surface area contributed by atoms with Gasteiger partial charge in [-0.05, 0) is 49.8 Å². The van der Waals surface area contributed by atoms with Gasteiger partial charge in [-0.3, -0.25) is 0 Å². The smallest absolute Gasteiger partial charge is 0.256 e. The normalized spacial score (nSPS) is 11.9. The van der Waals surface area contributed by atoms with Gasteiger partial charge in [-0.1, -0.05) is 13.8 Å². The fourth-order valence-electron chi connectivity index (χ4n) is 1.43. The van der Waals surface area contributed by atoms with Gasteiger partial charge >= 0.3 is 0 Å². The van der Waals surface area contributed by atoms with E-state index >= 15 is 0 Å². The third-order valence-corrected chi connectivity index (χ3v) is 5.21. The Bertz CT molecular complexity index is 395. The predicted molar refractivity (Wildman–Crippen MR) is 95.0 cm³/mol. The Balaban J connectivity index is 2.26. The molecular formula is C15H23NOS3. The van der Waals surface area contributed by atoms with Crippen LogP contribution in [-0.2, 0) is 4.74 Å². The summed E-state index contributed by atoms with van der Waals surface area (Å²) in [6, 6.07) is 8.79. The number of ether oxygens (including phenoxy) is 1. The lowest BCUT2D eigenvalue weighted by Gasteiger charge is -2.09. The lowest BCUT2D eigenvalue weighted by Crippen LogP contribution is -2.26. The van der Waals surface area contributed by atoms with Crippen molar-refractivity contribution in [2.24, 2.45) is 0 Å². The molecular weight excluding hydrogens is 306 g/mol. The molecule has 1 N–H and O–H groups in total. The van der Waals surface area contributed by atoms with Crippen molar-refractivity contribution in [3.63, 3.8) is 0 Å². The van der Waals surface area contributed by atoms with Crippen LogP contribution >= 0.6 is 35.7 Å². The van der Waals surface area contributed by atoms with Gasteiger partial charge in [0.1, 0.15) is 0 Å². The van der Waals surface area contributed by atoms with Gasteiger partial charge in [-0.25, -0.2) is 0 Å². The van der Waals surface area contributed by atoms with Crippen LogP contribution in [0.3, 0.4) is 0 Å². The van der Waals surface area contributed by atoms with Crippen molar-refractivity contribution >= 4 is 40.9 Å². The molecule has 0 aliphatic rings. The lowest BCUT2D eigenvalue weighted by molar-refractivity contribution is 0.321. The molecule has 112 valence electrons. The van der Waals surface area contributed by atoms with E-state index in [-0.39, 0.29) is 0 Å². The van der Waals surface area contributed by atoms with E-state index in [9.17, 15) is 0 Å². The van der Waals surface area contributed by atoms with Crippen molar-refractivity contribution < 1.29 is 4.74 Å². The van der Waals surface area contributed by atoms with E-state index in [4.69, 9.17) is 17.0 Å². The van der Waals surface area contributed by atoms with E-state index in [0.29, 0.717) is 17.0 Å². The van der Waals surface area contributed by atoms with Crippen molar-refractivity contribution in [2.75, 3.05) is 18.9 Å². The Morgan fingerprint density at radius 3 is 2.50 bits per heavy atom. The Labute approximate surface area is 136 Å². The topological polar surface area (TPSA) is 21.3 Å². The van der Waals surface area contributed by atoms with Gasteiger partial charge in [0.05, 0.1) is 6.61 Å². The average molecular weight is 330 g/mol. The van der Waals surface area contributed by atoms with Crippen molar-refractivity contribution in [2.45, 2.75) is 42.2 Å². The highest BCUT2D eigenvalue weighted by atomic mass is 32.2. The fraction of sp³-hybridized carbons (Fsp3) is 0.533. The maximum absolute atomic E-state index is 5.17. The zero-order valence-electron chi connectivity index (χ0n) is 12.3. The van der Waals surface area contributed by atoms with Crippen molar-refractivity contribution in [3.8, 4) is 0 Å². The van der Waals surface area contributed by atoms with Crippen LogP contribution in [-0.4, -0.2) is 29.3 Å². The van der Waals surface area contributed by atoms with Crippen LogP contribution in [0.15, 0.2) is 34.1 Å². The maximum Gasteiger partial charge on any atom is 0.256 e. The number of hydrogen-bond donors (Lipinski definition) is 1. The van der Waals surface area contributed by atoms with Gasteiger partial charge in [0.25, 0.3) is 5.17 Å². The average Bonchev–Trinajstić information content (AvgIpc) is 2.45. The zero-order valence-corrected chi connectivity index (χ0v) is 14.8. The molecule has 0 heterocycles. The molecule has 1 aromatic rings. The zero-order chi connectivity index (χ0) is 14.8. The quantitative estimate of drug-likeness (QED) is 0.427. The van der Waals surface area contributed by atoms with Crippen molar-refractivity contribution in [1.29, 1.82) is 0 Å². The molecule has 0 amide bonds. The van der Waals surface area contributed by atoms with E-state index in [0.717, 1.165) is 12.3 Å². The second-order valence-corrected chi connectivity index (χ2v) is 7.35. The van der Waals surface area contributed by atoms with Gasteiger partial charge < -0.3 is 10.1 Å². The minimum atomic E-state index is 0.494. The largest absolute Gasteiger partial charge is 0.471 e. The van der Waals surface area contributed by atoms with Crippen LogP contribution in [0, 0.1) is 0 Å². The molecule has 0 aliphatic heterocycles. The molecule has 0 bridgehead atoms. The molecule has 1 unspecified atom stereocenters. The SMILES string of the molecule is CCOC(=S)NCCSc1ccc(SC(C)CC)cc1. The molecule has 1 atom stereocenters. The lowest BCUT2D eigenvalue weighted by atomic mass is 10.4. The molecule has 1 aromatic carbocycles. The molecule has 5 heteroatoms. The Morgan fingerprint density at radius 1 is 1.25 bits per heavy atom. The first-order valence-electron chi connectivity index (χ1n) is 6.95. The van der Waals surface area contributed by atoms with Crippen molar-refractivity contribution in [1.82, 2.24) is 5.32 Å². The van der Waals surface area contributed by atoms with Crippen LogP contribution in [0.25, 0.3) is 0 Å². The van der Waals surface area contributed by atoms with E-state index in [2.05, 4.69) is 43.4 Å². The van der Waals surface area contributed by atoms with Gasteiger partial charge in [-0.15, -0.1) is 23.5 Å². The van der Waals surface area contributed by atoms with Crippen LogP contribution < -0.4 is 5.32 Å². The number of thiocarbonyl (C=S) groups is 1. The predicted octanol–water partition coefficient (Wildman–Crippen LogP) is 4.58. The Morgan fingerprint density at radius 2 is 1.90 bits per heavy atom. The third kappa shape index (κ3) is 7.41. The second-order valence-electron chi connectivity index (χ2n) is 4.30. The maximum atomic E-state index is 5.17. The summed E-state index contributed by atoms with van der Waals surface area (Å²) in [5, 5.41) is 4.26. The second kappa shape index (κ2) is 10.4. The van der Waals surface area contributed by atoms with E-state index in [1.807, 2.05) is 30.4 Å². The Kier molecular flexibility index (Phi) is 9.14. The highest BCUT2D eigenvalue weighted by Gasteiger charge is 2.02. The first kappa shape index (κ1) is 17.7. The minimum absolute atomic E-state index is 0.494. The van der Waals surface area contributed by atoms with Gasteiger partial charge in [0.2, 0.25) is 0 Å². The van der Waals surface area contributed by atoms with Gasteiger partial charge in [0, 0.05) is 27.3 Å². The number of thioether (sulfide) groups is 2. The summed E-state index contributed by atoms with van der Waals surface area (Å²) in [5.74, 6) is 0.977. The van der Waals surface area contributed by atoms with Crippen LogP contribution in [0.4, 0.5) is 0 Å². The highest BCUT2D eigenvalue weighted by Crippen LogP contribution is 2.27. The standard InChI is InChI=1S/C15H23NOS3/c1-4-12(3)20-14-8-6-13(7-9-14)19-11-10-16-15(18)17-5-2/h6-9,12H,4-5,10-11H2,1-3H3,(H,16,18). The van der Waals surface area contributed by atoms with Crippen LogP contribution in [0.5, 0.6) is 0 Å². The summed E-state index contributed by atoms with van der Waals surface area (Å²) in [7, 11) is 0. The Hall–Kier alpha value is -0.390. The molecule has 0 spiro atoms. The molecule has 0 saturated carbocycles. The van der Waals surface area contributed by atoms with Crippen LogP contribution in [0.1, 0.15) is 27.2 Å². The molecule has 1 rings (SSSR count). The van der Waals surface area contributed by atoms with E-state index < -0.39 is 0 Å². The van der Waals surface area contributed by atoms with Crippen LogP contribution in [0.2, 0.25) is 0 Å². The summed E-state index contributed by atoms with van der Waals surface area (Å²) >= 11 is 8.77. The summed E-state index contributed by atoms with van der Waals surface area (Å²) in [4.78, 5) is 2.64. The monoisotopic (exact) mass is 329 g/mol. The first-order valence-corrected chi connectivity index (χ1v) is 9.23. The summed E-state index contributed by atoms with van der Waals surface area (Å²) in [6.07, 6.45) is 1.20. The molecule has 0 fully saturated rings. The van der Waals surface area contributed by atoms with E-state index in [1.54, 1.807) is 0 Å².